The fourth-order valence-corrected chi connectivity index (χ4v) is 4.34. The van der Waals surface area contributed by atoms with Gasteiger partial charge >= 0.3 is 0 Å². The van der Waals surface area contributed by atoms with Crippen LogP contribution in [-0.2, 0) is 9.53 Å². The van der Waals surface area contributed by atoms with E-state index in [2.05, 4.69) is 16.4 Å². The zero-order valence-corrected chi connectivity index (χ0v) is 13.4. The molecule has 0 bridgehead atoms. The van der Waals surface area contributed by atoms with Crippen LogP contribution in [0.4, 0.5) is 5.13 Å². The van der Waals surface area contributed by atoms with Crippen molar-refractivity contribution in [3.05, 3.63) is 11.1 Å². The molecule has 1 N–H and O–H groups in total. The quantitative estimate of drug-likeness (QED) is 0.924. The third-order valence-corrected chi connectivity index (χ3v) is 5.74. The minimum absolute atomic E-state index is 0.0359. The van der Waals surface area contributed by atoms with Crippen LogP contribution in [0, 0.1) is 23.2 Å². The minimum Gasteiger partial charge on any atom is -0.381 e. The molecule has 0 aromatic carbocycles. The number of amides is 1. The van der Waals surface area contributed by atoms with E-state index < -0.39 is 0 Å². The zero-order chi connectivity index (χ0) is 15.4. The fourth-order valence-electron chi connectivity index (χ4n) is 3.35. The molecule has 1 amide bonds. The number of anilines is 1. The summed E-state index contributed by atoms with van der Waals surface area (Å²) in [6.45, 7) is 1.62. The zero-order valence-electron chi connectivity index (χ0n) is 12.6. The third kappa shape index (κ3) is 3.65. The number of carbonyl (C=O) groups excluding carboxylic acids is 1. The van der Waals surface area contributed by atoms with Crippen LogP contribution in [0.3, 0.4) is 0 Å². The van der Waals surface area contributed by atoms with Gasteiger partial charge in [0.25, 0.3) is 0 Å². The van der Waals surface area contributed by atoms with Gasteiger partial charge in [0.1, 0.15) is 0 Å². The Morgan fingerprint density at radius 1 is 1.41 bits per heavy atom. The van der Waals surface area contributed by atoms with Crippen LogP contribution in [0.15, 0.2) is 6.20 Å². The highest BCUT2D eigenvalue weighted by Gasteiger charge is 2.30. The molecule has 5 nitrogen and oxygen atoms in total. The number of aromatic nitrogens is 1. The summed E-state index contributed by atoms with van der Waals surface area (Å²) in [5, 5.41) is 12.4. The second-order valence-electron chi connectivity index (χ2n) is 6.18. The standard InChI is InChI=1S/C16H21N3O2S/c17-6-3-11-1-2-13(9-11)15(20)19-16-18-10-14(22-16)12-4-7-21-8-5-12/h10-13H,1-5,7-9H2,(H,18,19,20)/t11-,13+/m1/s1. The molecule has 3 rings (SSSR count). The number of nitrogens with zero attached hydrogens (tertiary/aromatic N) is 2. The van der Waals surface area contributed by atoms with Crippen molar-refractivity contribution in [1.82, 2.24) is 4.98 Å². The van der Waals surface area contributed by atoms with Gasteiger partial charge in [0.05, 0.1) is 6.07 Å². The van der Waals surface area contributed by atoms with Gasteiger partial charge in [0, 0.05) is 36.6 Å². The molecule has 2 aliphatic rings. The highest BCUT2D eigenvalue weighted by molar-refractivity contribution is 7.15. The van der Waals surface area contributed by atoms with Crippen LogP contribution in [0.2, 0.25) is 0 Å². The maximum absolute atomic E-state index is 12.3. The maximum Gasteiger partial charge on any atom is 0.229 e. The molecule has 2 fully saturated rings. The van der Waals surface area contributed by atoms with E-state index in [1.54, 1.807) is 11.3 Å². The summed E-state index contributed by atoms with van der Waals surface area (Å²) >= 11 is 1.59. The van der Waals surface area contributed by atoms with E-state index in [1.165, 1.54) is 4.88 Å². The highest BCUT2D eigenvalue weighted by Crippen LogP contribution is 2.35. The Kier molecular flexibility index (Phi) is 5.06. The Morgan fingerprint density at radius 2 is 2.23 bits per heavy atom. The summed E-state index contributed by atoms with van der Waals surface area (Å²) in [6.07, 6.45) is 7.23. The van der Waals surface area contributed by atoms with Gasteiger partial charge in [-0.1, -0.05) is 0 Å². The van der Waals surface area contributed by atoms with Crippen LogP contribution in [0.5, 0.6) is 0 Å². The number of hydrogen-bond acceptors (Lipinski definition) is 5. The molecule has 1 saturated carbocycles. The molecule has 1 aliphatic heterocycles. The number of hydrogen-bond donors (Lipinski definition) is 1. The monoisotopic (exact) mass is 319 g/mol. The molecule has 1 saturated heterocycles. The Labute approximate surface area is 134 Å². The van der Waals surface area contributed by atoms with Crippen molar-refractivity contribution in [2.45, 2.75) is 44.4 Å². The second-order valence-corrected chi connectivity index (χ2v) is 7.24. The summed E-state index contributed by atoms with van der Waals surface area (Å²) in [5.74, 6) is 1.00. The lowest BCUT2D eigenvalue weighted by molar-refractivity contribution is -0.119. The molecule has 0 unspecified atom stereocenters. The Hall–Kier alpha value is -1.45. The highest BCUT2D eigenvalue weighted by atomic mass is 32.1. The molecular formula is C16H21N3O2S. The normalized spacial score (nSPS) is 25.8. The van der Waals surface area contributed by atoms with E-state index in [-0.39, 0.29) is 11.8 Å². The molecule has 1 aromatic heterocycles. The molecule has 0 spiro atoms. The Balaban J connectivity index is 1.54. The van der Waals surface area contributed by atoms with Gasteiger partial charge in [-0.15, -0.1) is 11.3 Å². The Morgan fingerprint density at radius 3 is 3.00 bits per heavy atom. The largest absolute Gasteiger partial charge is 0.381 e. The van der Waals surface area contributed by atoms with Crippen LogP contribution >= 0.6 is 11.3 Å². The molecule has 22 heavy (non-hydrogen) atoms. The first kappa shape index (κ1) is 15.4. The molecule has 1 aromatic rings. The number of rotatable bonds is 4. The predicted molar refractivity (Wildman–Crippen MR) is 84.6 cm³/mol. The van der Waals surface area contributed by atoms with E-state index in [4.69, 9.17) is 10.00 Å². The van der Waals surface area contributed by atoms with Gasteiger partial charge < -0.3 is 10.1 Å². The smallest absolute Gasteiger partial charge is 0.229 e. The van der Waals surface area contributed by atoms with E-state index in [0.717, 1.165) is 45.3 Å². The number of thiazole rings is 1. The van der Waals surface area contributed by atoms with Crippen molar-refractivity contribution in [3.8, 4) is 6.07 Å². The van der Waals surface area contributed by atoms with Crippen molar-refractivity contribution in [2.75, 3.05) is 18.5 Å². The number of nitrogens with one attached hydrogen (secondary N) is 1. The first-order chi connectivity index (χ1) is 10.8. The predicted octanol–water partition coefficient (Wildman–Crippen LogP) is 3.31. The van der Waals surface area contributed by atoms with Gasteiger partial charge in [-0.3, -0.25) is 4.79 Å². The van der Waals surface area contributed by atoms with Crippen molar-refractivity contribution in [1.29, 1.82) is 5.26 Å². The first-order valence-corrected chi connectivity index (χ1v) is 8.79. The van der Waals surface area contributed by atoms with Gasteiger partial charge in [-0.2, -0.15) is 5.26 Å². The summed E-state index contributed by atoms with van der Waals surface area (Å²) in [5.41, 5.74) is 0. The van der Waals surface area contributed by atoms with Gasteiger partial charge in [-0.25, -0.2) is 4.98 Å². The van der Waals surface area contributed by atoms with E-state index in [1.807, 2.05) is 6.20 Å². The SMILES string of the molecule is N#CC[C@H]1CC[C@H](C(=O)Nc2ncc(C3CCOCC3)s2)C1. The van der Waals surface area contributed by atoms with E-state index in [0.29, 0.717) is 23.4 Å². The molecule has 6 heteroatoms. The third-order valence-electron chi connectivity index (χ3n) is 4.67. The van der Waals surface area contributed by atoms with E-state index >= 15 is 0 Å². The van der Waals surface area contributed by atoms with Gasteiger partial charge in [-0.05, 0) is 43.9 Å². The van der Waals surface area contributed by atoms with Crippen LogP contribution in [0.1, 0.15) is 49.3 Å². The molecule has 118 valence electrons. The van der Waals surface area contributed by atoms with Crippen LogP contribution < -0.4 is 5.32 Å². The molecule has 2 heterocycles. The molecule has 2 atom stereocenters. The average molecular weight is 319 g/mol. The van der Waals surface area contributed by atoms with Crippen molar-refractivity contribution >= 4 is 22.4 Å². The number of ether oxygens (including phenoxy) is 1. The Bertz CT molecular complexity index is 560. The van der Waals surface area contributed by atoms with Crippen LogP contribution in [-0.4, -0.2) is 24.1 Å². The topological polar surface area (TPSA) is 75.0 Å². The van der Waals surface area contributed by atoms with Gasteiger partial charge in [0.2, 0.25) is 5.91 Å². The lowest BCUT2D eigenvalue weighted by atomic mass is 9.99. The summed E-state index contributed by atoms with van der Waals surface area (Å²) in [4.78, 5) is 17.9. The first-order valence-electron chi connectivity index (χ1n) is 7.97. The maximum atomic E-state index is 12.3. The number of carbonyl (C=O) groups is 1. The van der Waals surface area contributed by atoms with E-state index in [9.17, 15) is 4.79 Å². The number of nitriles is 1. The minimum atomic E-state index is 0.0359. The summed E-state index contributed by atoms with van der Waals surface area (Å²) in [6, 6.07) is 2.21. The van der Waals surface area contributed by atoms with Gasteiger partial charge in [0.15, 0.2) is 5.13 Å². The van der Waals surface area contributed by atoms with Crippen molar-refractivity contribution < 1.29 is 9.53 Å². The second kappa shape index (κ2) is 7.21. The van der Waals surface area contributed by atoms with Crippen molar-refractivity contribution in [2.24, 2.45) is 11.8 Å². The van der Waals surface area contributed by atoms with Crippen molar-refractivity contribution in [3.63, 3.8) is 0 Å². The summed E-state index contributed by atoms with van der Waals surface area (Å²) in [7, 11) is 0. The average Bonchev–Trinajstić information content (AvgIpc) is 3.18. The summed E-state index contributed by atoms with van der Waals surface area (Å²) < 4.78 is 5.38. The molecular weight excluding hydrogens is 298 g/mol. The molecule has 1 aliphatic carbocycles. The fraction of sp³-hybridized carbons (Fsp3) is 0.688. The lowest BCUT2D eigenvalue weighted by Crippen LogP contribution is -2.20. The van der Waals surface area contributed by atoms with Crippen LogP contribution in [0.25, 0.3) is 0 Å². The molecule has 0 radical (unpaired) electrons. The lowest BCUT2D eigenvalue weighted by Gasteiger charge is -2.20.